The Bertz CT molecular complexity index is 569. The highest BCUT2D eigenvalue weighted by atomic mass is 19.1. The maximum atomic E-state index is 13.3. The zero-order valence-corrected chi connectivity index (χ0v) is 10.1. The number of hydrogen-bond acceptors (Lipinski definition) is 3. The summed E-state index contributed by atoms with van der Waals surface area (Å²) < 4.78 is 14.9. The van der Waals surface area contributed by atoms with Crippen molar-refractivity contribution in [3.05, 3.63) is 42.5 Å². The summed E-state index contributed by atoms with van der Waals surface area (Å²) in [5, 5.41) is 8.99. The van der Waals surface area contributed by atoms with Crippen molar-refractivity contribution in [1.29, 1.82) is 0 Å². The number of urea groups is 1. The van der Waals surface area contributed by atoms with Gasteiger partial charge < -0.3 is 16.4 Å². The van der Waals surface area contributed by atoms with Gasteiger partial charge in [0.2, 0.25) is 0 Å². The Balaban J connectivity index is 1.77. The van der Waals surface area contributed by atoms with E-state index in [0.29, 0.717) is 18.8 Å². The third kappa shape index (κ3) is 3.70. The summed E-state index contributed by atoms with van der Waals surface area (Å²) in [5.74, 6) is -0.475. The Kier molecular flexibility index (Phi) is 3.97. The minimum absolute atomic E-state index is 0.142. The summed E-state index contributed by atoms with van der Waals surface area (Å²) in [7, 11) is 0. The van der Waals surface area contributed by atoms with Gasteiger partial charge in [-0.15, -0.1) is 0 Å². The molecular formula is C12H14FN5O. The first-order valence-electron chi connectivity index (χ1n) is 5.72. The van der Waals surface area contributed by atoms with Gasteiger partial charge in [-0.2, -0.15) is 5.10 Å². The van der Waals surface area contributed by atoms with Crippen LogP contribution in [0.1, 0.15) is 0 Å². The minimum atomic E-state index is -0.475. The first-order chi connectivity index (χ1) is 9.15. The minimum Gasteiger partial charge on any atom is -0.396 e. The SMILES string of the molecule is Nc1cnn(CCNC(=O)Nc2ccccc2F)c1. The molecule has 1 aromatic heterocycles. The summed E-state index contributed by atoms with van der Waals surface area (Å²) in [5.41, 5.74) is 6.21. The second kappa shape index (κ2) is 5.85. The molecule has 4 N–H and O–H groups in total. The molecule has 0 unspecified atom stereocenters. The molecule has 6 nitrogen and oxygen atoms in total. The maximum Gasteiger partial charge on any atom is 0.319 e. The van der Waals surface area contributed by atoms with Gasteiger partial charge in [-0.25, -0.2) is 9.18 Å². The molecule has 0 saturated heterocycles. The van der Waals surface area contributed by atoms with Crippen molar-refractivity contribution in [1.82, 2.24) is 15.1 Å². The smallest absolute Gasteiger partial charge is 0.319 e. The van der Waals surface area contributed by atoms with E-state index in [1.54, 1.807) is 23.0 Å². The number of nitrogen functional groups attached to an aromatic ring is 1. The molecular weight excluding hydrogens is 249 g/mol. The Morgan fingerprint density at radius 3 is 2.89 bits per heavy atom. The van der Waals surface area contributed by atoms with Crippen molar-refractivity contribution in [2.45, 2.75) is 6.54 Å². The van der Waals surface area contributed by atoms with Crippen LogP contribution in [-0.2, 0) is 6.54 Å². The van der Waals surface area contributed by atoms with Gasteiger partial charge in [0.1, 0.15) is 5.82 Å². The molecule has 0 aliphatic heterocycles. The van der Waals surface area contributed by atoms with Crippen molar-refractivity contribution in [3.8, 4) is 0 Å². The lowest BCUT2D eigenvalue weighted by molar-refractivity contribution is 0.251. The van der Waals surface area contributed by atoms with Gasteiger partial charge in [0.25, 0.3) is 0 Å². The summed E-state index contributed by atoms with van der Waals surface area (Å²) in [6, 6.07) is 5.50. The summed E-state index contributed by atoms with van der Waals surface area (Å²) >= 11 is 0. The lowest BCUT2D eigenvalue weighted by Gasteiger charge is -2.08. The van der Waals surface area contributed by atoms with Crippen LogP contribution in [0, 0.1) is 5.82 Å². The van der Waals surface area contributed by atoms with Crippen LogP contribution < -0.4 is 16.4 Å². The zero-order valence-electron chi connectivity index (χ0n) is 10.1. The van der Waals surface area contributed by atoms with E-state index in [4.69, 9.17) is 5.73 Å². The molecule has 0 saturated carbocycles. The zero-order chi connectivity index (χ0) is 13.7. The van der Waals surface area contributed by atoms with Crippen molar-refractivity contribution in [2.75, 3.05) is 17.6 Å². The molecule has 19 heavy (non-hydrogen) atoms. The van der Waals surface area contributed by atoms with Crippen molar-refractivity contribution in [2.24, 2.45) is 0 Å². The molecule has 2 amide bonds. The quantitative estimate of drug-likeness (QED) is 0.780. The number of halogens is 1. The number of benzene rings is 1. The number of para-hydroxylation sites is 1. The number of anilines is 2. The Hall–Kier alpha value is -2.57. The molecule has 1 aromatic carbocycles. The van der Waals surface area contributed by atoms with Crippen LogP contribution in [0.4, 0.5) is 20.6 Å². The van der Waals surface area contributed by atoms with Crippen LogP contribution in [0.3, 0.4) is 0 Å². The monoisotopic (exact) mass is 263 g/mol. The number of aromatic nitrogens is 2. The molecule has 0 spiro atoms. The Morgan fingerprint density at radius 2 is 2.21 bits per heavy atom. The van der Waals surface area contributed by atoms with Crippen LogP contribution in [-0.4, -0.2) is 22.4 Å². The third-order valence-corrected chi connectivity index (χ3v) is 2.40. The molecule has 0 bridgehead atoms. The molecule has 1 heterocycles. The van der Waals surface area contributed by atoms with E-state index in [0.717, 1.165) is 0 Å². The lowest BCUT2D eigenvalue weighted by atomic mass is 10.3. The van der Waals surface area contributed by atoms with Gasteiger partial charge in [-0.3, -0.25) is 4.68 Å². The van der Waals surface area contributed by atoms with Crippen molar-refractivity contribution in [3.63, 3.8) is 0 Å². The molecule has 7 heteroatoms. The highest BCUT2D eigenvalue weighted by Crippen LogP contribution is 2.11. The first kappa shape index (κ1) is 12.9. The van der Waals surface area contributed by atoms with Crippen LogP contribution >= 0.6 is 0 Å². The van der Waals surface area contributed by atoms with E-state index in [1.165, 1.54) is 18.3 Å². The van der Waals surface area contributed by atoms with E-state index in [9.17, 15) is 9.18 Å². The predicted molar refractivity (Wildman–Crippen MR) is 70.1 cm³/mol. The van der Waals surface area contributed by atoms with Gasteiger partial charge in [-0.1, -0.05) is 12.1 Å². The van der Waals surface area contributed by atoms with E-state index in [1.807, 2.05) is 0 Å². The topological polar surface area (TPSA) is 85.0 Å². The Labute approximate surface area is 109 Å². The van der Waals surface area contributed by atoms with Crippen LogP contribution in [0.15, 0.2) is 36.7 Å². The standard InChI is InChI=1S/C12H14FN5O/c13-10-3-1-2-4-11(10)17-12(19)15-5-6-18-8-9(14)7-16-18/h1-4,7-8H,5-6,14H2,(H2,15,17,19). The van der Waals surface area contributed by atoms with Gasteiger partial charge in [0.15, 0.2) is 0 Å². The van der Waals surface area contributed by atoms with Gasteiger partial charge >= 0.3 is 6.03 Å². The molecule has 0 aliphatic rings. The summed E-state index contributed by atoms with van der Waals surface area (Å²) in [6.07, 6.45) is 3.19. The van der Waals surface area contributed by atoms with Crippen LogP contribution in [0.2, 0.25) is 0 Å². The predicted octanol–water partition coefficient (Wildman–Crippen LogP) is 1.43. The highest BCUT2D eigenvalue weighted by Gasteiger charge is 2.05. The average molecular weight is 263 g/mol. The number of nitrogens with two attached hydrogens (primary N) is 1. The van der Waals surface area contributed by atoms with Crippen LogP contribution in [0.5, 0.6) is 0 Å². The number of hydrogen-bond donors (Lipinski definition) is 3. The van der Waals surface area contributed by atoms with E-state index < -0.39 is 11.8 Å². The first-order valence-corrected chi connectivity index (χ1v) is 5.72. The highest BCUT2D eigenvalue weighted by molar-refractivity contribution is 5.89. The fourth-order valence-electron chi connectivity index (χ4n) is 1.51. The molecule has 0 atom stereocenters. The third-order valence-electron chi connectivity index (χ3n) is 2.40. The van der Waals surface area contributed by atoms with Crippen molar-refractivity contribution < 1.29 is 9.18 Å². The largest absolute Gasteiger partial charge is 0.396 e. The normalized spacial score (nSPS) is 10.2. The molecule has 2 aromatic rings. The van der Waals surface area contributed by atoms with E-state index >= 15 is 0 Å². The molecule has 0 radical (unpaired) electrons. The number of amides is 2. The molecule has 0 fully saturated rings. The molecule has 0 aliphatic carbocycles. The van der Waals surface area contributed by atoms with E-state index in [-0.39, 0.29) is 5.69 Å². The fraction of sp³-hybridized carbons (Fsp3) is 0.167. The second-order valence-electron chi connectivity index (χ2n) is 3.90. The lowest BCUT2D eigenvalue weighted by Crippen LogP contribution is -2.31. The number of rotatable bonds is 4. The number of nitrogens with zero attached hydrogens (tertiary/aromatic N) is 2. The average Bonchev–Trinajstić information content (AvgIpc) is 2.78. The summed E-state index contributed by atoms with van der Waals surface area (Å²) in [4.78, 5) is 11.5. The maximum absolute atomic E-state index is 13.3. The number of carbonyl (C=O) groups excluding carboxylic acids is 1. The molecule has 2 rings (SSSR count). The van der Waals surface area contributed by atoms with Gasteiger partial charge in [0.05, 0.1) is 24.1 Å². The number of carbonyl (C=O) groups is 1. The fourth-order valence-corrected chi connectivity index (χ4v) is 1.51. The summed E-state index contributed by atoms with van der Waals surface area (Å²) in [6.45, 7) is 0.850. The van der Waals surface area contributed by atoms with Gasteiger partial charge in [-0.05, 0) is 12.1 Å². The number of nitrogens with one attached hydrogen (secondary N) is 2. The molecule has 100 valence electrons. The van der Waals surface area contributed by atoms with E-state index in [2.05, 4.69) is 15.7 Å². The Morgan fingerprint density at radius 1 is 1.42 bits per heavy atom. The van der Waals surface area contributed by atoms with Gasteiger partial charge in [0, 0.05) is 12.7 Å². The van der Waals surface area contributed by atoms with Crippen LogP contribution in [0.25, 0.3) is 0 Å². The second-order valence-corrected chi connectivity index (χ2v) is 3.90. The van der Waals surface area contributed by atoms with Crippen molar-refractivity contribution >= 4 is 17.4 Å².